The molecule has 0 atom stereocenters. The summed E-state index contributed by atoms with van der Waals surface area (Å²) in [6.07, 6.45) is 0.514. The molecule has 14 heavy (non-hydrogen) atoms. The van der Waals surface area contributed by atoms with Gasteiger partial charge in [0.2, 0.25) is 0 Å². The first kappa shape index (κ1) is 9.06. The molecule has 3 nitrogen and oxygen atoms in total. The minimum atomic E-state index is 0.227. The number of ketones is 1. The van der Waals surface area contributed by atoms with Crippen LogP contribution in [0.3, 0.4) is 0 Å². The molecule has 1 aliphatic rings. The number of carbonyl (C=O) groups is 1. The number of anilines is 1. The monoisotopic (exact) mass is 191 g/mol. The van der Waals surface area contributed by atoms with Crippen LogP contribution in [0, 0.1) is 6.92 Å². The average Bonchev–Trinajstić information content (AvgIpc) is 2.16. The second-order valence-corrected chi connectivity index (χ2v) is 3.55. The maximum Gasteiger partial charge on any atom is 0.156 e. The van der Waals surface area contributed by atoms with Crippen LogP contribution in [0.4, 0.5) is 5.69 Å². The van der Waals surface area contributed by atoms with E-state index >= 15 is 0 Å². The van der Waals surface area contributed by atoms with E-state index < -0.39 is 0 Å². The third-order valence-corrected chi connectivity index (χ3v) is 2.48. The van der Waals surface area contributed by atoms with E-state index in [2.05, 4.69) is 5.32 Å². The molecule has 74 valence electrons. The SMILES string of the molecule is COc1cc(C)c2c(c1)CC(=O)CN2. The average molecular weight is 191 g/mol. The summed E-state index contributed by atoms with van der Waals surface area (Å²) < 4.78 is 5.16. The van der Waals surface area contributed by atoms with Crippen molar-refractivity contribution >= 4 is 11.5 Å². The molecule has 0 saturated carbocycles. The summed E-state index contributed by atoms with van der Waals surface area (Å²) in [5.74, 6) is 1.04. The van der Waals surface area contributed by atoms with Crippen LogP contribution < -0.4 is 10.1 Å². The number of Topliss-reactive ketones (excluding diaryl/α,β-unsaturated/α-hetero) is 1. The van der Waals surface area contributed by atoms with Crippen molar-refractivity contribution in [2.45, 2.75) is 13.3 Å². The maximum atomic E-state index is 11.2. The Labute approximate surface area is 83.1 Å². The van der Waals surface area contributed by atoms with Gasteiger partial charge in [-0.05, 0) is 30.2 Å². The van der Waals surface area contributed by atoms with Crippen LogP contribution in [0.15, 0.2) is 12.1 Å². The molecule has 1 aromatic rings. The predicted octanol–water partition coefficient (Wildman–Crippen LogP) is 1.54. The van der Waals surface area contributed by atoms with Gasteiger partial charge in [-0.1, -0.05) is 0 Å². The number of rotatable bonds is 1. The van der Waals surface area contributed by atoms with E-state index in [1.54, 1.807) is 7.11 Å². The summed E-state index contributed by atoms with van der Waals surface area (Å²) >= 11 is 0. The number of fused-ring (bicyclic) bond motifs is 1. The fourth-order valence-corrected chi connectivity index (χ4v) is 1.80. The van der Waals surface area contributed by atoms with Crippen LogP contribution in [0.25, 0.3) is 0 Å². The molecule has 2 rings (SSSR count). The Morgan fingerprint density at radius 3 is 2.93 bits per heavy atom. The highest BCUT2D eigenvalue weighted by Crippen LogP contribution is 2.29. The van der Waals surface area contributed by atoms with Gasteiger partial charge in [0.05, 0.1) is 13.7 Å². The van der Waals surface area contributed by atoms with Crippen LogP contribution >= 0.6 is 0 Å². The topological polar surface area (TPSA) is 38.3 Å². The molecule has 0 aliphatic carbocycles. The lowest BCUT2D eigenvalue weighted by molar-refractivity contribution is -0.117. The molecular weight excluding hydrogens is 178 g/mol. The molecule has 1 heterocycles. The lowest BCUT2D eigenvalue weighted by Gasteiger charge is -2.20. The van der Waals surface area contributed by atoms with Gasteiger partial charge in [0.1, 0.15) is 5.75 Å². The van der Waals surface area contributed by atoms with Gasteiger partial charge in [-0.3, -0.25) is 4.79 Å². The molecule has 1 N–H and O–H groups in total. The van der Waals surface area contributed by atoms with Crippen molar-refractivity contribution in [3.05, 3.63) is 23.3 Å². The van der Waals surface area contributed by atoms with Gasteiger partial charge in [0.15, 0.2) is 5.78 Å². The van der Waals surface area contributed by atoms with E-state index in [1.807, 2.05) is 19.1 Å². The van der Waals surface area contributed by atoms with E-state index in [0.717, 1.165) is 22.6 Å². The van der Waals surface area contributed by atoms with Crippen LogP contribution in [0.2, 0.25) is 0 Å². The minimum absolute atomic E-state index is 0.227. The van der Waals surface area contributed by atoms with Gasteiger partial charge in [-0.15, -0.1) is 0 Å². The Morgan fingerprint density at radius 2 is 2.21 bits per heavy atom. The lowest BCUT2D eigenvalue weighted by atomic mass is 9.99. The molecule has 0 radical (unpaired) electrons. The zero-order valence-corrected chi connectivity index (χ0v) is 8.39. The number of benzene rings is 1. The van der Waals surface area contributed by atoms with Crippen molar-refractivity contribution in [2.24, 2.45) is 0 Å². The van der Waals surface area contributed by atoms with Crippen molar-refractivity contribution < 1.29 is 9.53 Å². The third-order valence-electron chi connectivity index (χ3n) is 2.48. The Morgan fingerprint density at radius 1 is 1.43 bits per heavy atom. The highest BCUT2D eigenvalue weighted by molar-refractivity contribution is 5.90. The van der Waals surface area contributed by atoms with Crippen molar-refractivity contribution in [2.75, 3.05) is 19.0 Å². The van der Waals surface area contributed by atoms with Gasteiger partial charge in [0, 0.05) is 12.1 Å². The second kappa shape index (κ2) is 3.33. The molecule has 0 unspecified atom stereocenters. The van der Waals surface area contributed by atoms with Crippen molar-refractivity contribution in [1.82, 2.24) is 0 Å². The number of hydrogen-bond acceptors (Lipinski definition) is 3. The van der Waals surface area contributed by atoms with Gasteiger partial charge >= 0.3 is 0 Å². The number of nitrogens with one attached hydrogen (secondary N) is 1. The Kier molecular flexibility index (Phi) is 2.15. The van der Waals surface area contributed by atoms with E-state index in [0.29, 0.717) is 13.0 Å². The number of ether oxygens (including phenoxy) is 1. The van der Waals surface area contributed by atoms with E-state index in [-0.39, 0.29) is 5.78 Å². The molecular formula is C11H13NO2. The summed E-state index contributed by atoms with van der Waals surface area (Å²) in [5, 5.41) is 3.13. The number of aryl methyl sites for hydroxylation is 1. The van der Waals surface area contributed by atoms with Gasteiger partial charge in [0.25, 0.3) is 0 Å². The highest BCUT2D eigenvalue weighted by atomic mass is 16.5. The molecule has 0 amide bonds. The van der Waals surface area contributed by atoms with Crippen LogP contribution in [0.5, 0.6) is 5.75 Å². The van der Waals surface area contributed by atoms with Gasteiger partial charge in [-0.25, -0.2) is 0 Å². The van der Waals surface area contributed by atoms with E-state index in [9.17, 15) is 4.79 Å². The smallest absolute Gasteiger partial charge is 0.156 e. The zero-order valence-electron chi connectivity index (χ0n) is 8.39. The fraction of sp³-hybridized carbons (Fsp3) is 0.364. The molecule has 0 bridgehead atoms. The molecule has 0 aromatic heterocycles. The maximum absolute atomic E-state index is 11.2. The lowest BCUT2D eigenvalue weighted by Crippen LogP contribution is -2.23. The van der Waals surface area contributed by atoms with Crippen LogP contribution in [0.1, 0.15) is 11.1 Å². The first-order chi connectivity index (χ1) is 6.70. The van der Waals surface area contributed by atoms with Crippen molar-refractivity contribution in [3.8, 4) is 5.75 Å². The third kappa shape index (κ3) is 1.45. The summed E-state index contributed by atoms with van der Waals surface area (Å²) in [6, 6.07) is 3.90. The minimum Gasteiger partial charge on any atom is -0.497 e. The Bertz CT molecular complexity index is 385. The summed E-state index contributed by atoms with van der Waals surface area (Å²) in [5.41, 5.74) is 3.26. The summed E-state index contributed by atoms with van der Waals surface area (Å²) in [7, 11) is 1.64. The highest BCUT2D eigenvalue weighted by Gasteiger charge is 2.17. The molecule has 1 aromatic carbocycles. The molecule has 0 saturated heterocycles. The van der Waals surface area contributed by atoms with E-state index in [1.165, 1.54) is 0 Å². The van der Waals surface area contributed by atoms with E-state index in [4.69, 9.17) is 4.74 Å². The molecule has 0 fully saturated rings. The van der Waals surface area contributed by atoms with Crippen molar-refractivity contribution in [3.63, 3.8) is 0 Å². The number of methoxy groups -OCH3 is 1. The number of hydrogen-bond donors (Lipinski definition) is 1. The predicted molar refractivity (Wildman–Crippen MR) is 54.9 cm³/mol. The van der Waals surface area contributed by atoms with Crippen LogP contribution in [-0.2, 0) is 11.2 Å². The first-order valence-electron chi connectivity index (χ1n) is 4.64. The standard InChI is InChI=1S/C11H13NO2/c1-7-3-10(14-2)5-8-4-9(13)6-12-11(7)8/h3,5,12H,4,6H2,1-2H3. The number of carbonyl (C=O) groups excluding carboxylic acids is 1. The largest absolute Gasteiger partial charge is 0.497 e. The quantitative estimate of drug-likeness (QED) is 0.731. The second-order valence-electron chi connectivity index (χ2n) is 3.55. The normalized spacial score (nSPS) is 14.6. The summed E-state index contributed by atoms with van der Waals surface area (Å²) in [4.78, 5) is 11.2. The van der Waals surface area contributed by atoms with Crippen LogP contribution in [-0.4, -0.2) is 19.4 Å². The Balaban J connectivity index is 2.48. The van der Waals surface area contributed by atoms with Gasteiger partial charge < -0.3 is 10.1 Å². The Hall–Kier alpha value is -1.51. The molecule has 3 heteroatoms. The van der Waals surface area contributed by atoms with Crippen molar-refractivity contribution in [1.29, 1.82) is 0 Å². The molecule has 1 aliphatic heterocycles. The van der Waals surface area contributed by atoms with Gasteiger partial charge in [-0.2, -0.15) is 0 Å². The zero-order chi connectivity index (χ0) is 10.1. The fourth-order valence-electron chi connectivity index (χ4n) is 1.80. The summed E-state index contributed by atoms with van der Waals surface area (Å²) in [6.45, 7) is 2.46. The first-order valence-corrected chi connectivity index (χ1v) is 4.64. The molecule has 0 spiro atoms.